The van der Waals surface area contributed by atoms with Crippen molar-refractivity contribution in [1.82, 2.24) is 14.8 Å². The van der Waals surface area contributed by atoms with Gasteiger partial charge in [-0.2, -0.15) is 0 Å². The first kappa shape index (κ1) is 23.0. The van der Waals surface area contributed by atoms with Gasteiger partial charge in [-0.25, -0.2) is 4.98 Å². The number of hydrogen-bond donors (Lipinski definition) is 0. The molecule has 0 radical (unpaired) electrons. The monoisotopic (exact) mass is 496 g/mol. The summed E-state index contributed by atoms with van der Waals surface area (Å²) in [5.41, 5.74) is 1.50. The number of rotatable bonds is 7. The van der Waals surface area contributed by atoms with Crippen LogP contribution in [0.1, 0.15) is 20.7 Å². The minimum atomic E-state index is -0.434. The maximum Gasteiger partial charge on any atom is 0.262 e. The Kier molecular flexibility index (Phi) is 6.64. The largest absolute Gasteiger partial charge is 0.379 e. The van der Waals surface area contributed by atoms with Crippen molar-refractivity contribution >= 4 is 56.2 Å². The molecule has 1 aromatic heterocycles. The van der Waals surface area contributed by atoms with E-state index >= 15 is 0 Å². The van der Waals surface area contributed by atoms with E-state index in [1.54, 1.807) is 40.9 Å². The topological polar surface area (TPSA) is 83.1 Å². The van der Waals surface area contributed by atoms with Crippen molar-refractivity contribution in [3.05, 3.63) is 53.6 Å². The highest BCUT2D eigenvalue weighted by molar-refractivity contribution is 7.98. The fourth-order valence-corrected chi connectivity index (χ4v) is 5.69. The van der Waals surface area contributed by atoms with Crippen LogP contribution in [0.2, 0.25) is 0 Å². The molecule has 0 bridgehead atoms. The Balaban J connectivity index is 1.40. The van der Waals surface area contributed by atoms with Gasteiger partial charge >= 0.3 is 0 Å². The number of hydrogen-bond acceptors (Lipinski definition) is 8. The molecule has 34 heavy (non-hydrogen) atoms. The lowest BCUT2D eigenvalue weighted by molar-refractivity contribution is -0.119. The number of anilines is 1. The minimum absolute atomic E-state index is 0.318. The summed E-state index contributed by atoms with van der Waals surface area (Å²) in [6.07, 6.45) is 2.02. The van der Waals surface area contributed by atoms with Crippen molar-refractivity contribution in [3.8, 4) is 0 Å². The molecule has 2 aromatic carbocycles. The third-order valence-electron chi connectivity index (χ3n) is 6.03. The second kappa shape index (κ2) is 9.83. The summed E-state index contributed by atoms with van der Waals surface area (Å²) >= 11 is 3.10. The molecular formula is C24H24N4O4S2. The van der Waals surface area contributed by atoms with Crippen molar-refractivity contribution in [2.75, 3.05) is 57.1 Å². The third-order valence-corrected chi connectivity index (χ3v) is 7.80. The molecule has 10 heteroatoms. The molecule has 2 aliphatic heterocycles. The molecule has 176 valence electrons. The number of imide groups is 1. The van der Waals surface area contributed by atoms with Gasteiger partial charge in [-0.05, 0) is 36.6 Å². The van der Waals surface area contributed by atoms with Gasteiger partial charge in [0.1, 0.15) is 6.54 Å². The van der Waals surface area contributed by atoms with Gasteiger partial charge in [-0.1, -0.05) is 23.5 Å². The number of carbonyl (C=O) groups is 3. The van der Waals surface area contributed by atoms with Gasteiger partial charge in [0.2, 0.25) is 5.91 Å². The Morgan fingerprint density at radius 2 is 1.82 bits per heavy atom. The van der Waals surface area contributed by atoms with Gasteiger partial charge in [0, 0.05) is 31.1 Å². The highest BCUT2D eigenvalue weighted by Crippen LogP contribution is 2.32. The number of ether oxygens (including phenoxy) is 1. The molecule has 3 amide bonds. The number of thiazole rings is 1. The SMILES string of the molecule is CSc1ccc2nc(N(CCN3CCOCC3)C(=O)CN3C(=O)c4ccccc4C3=O)sc2c1. The summed E-state index contributed by atoms with van der Waals surface area (Å²) in [4.78, 5) is 49.9. The van der Waals surface area contributed by atoms with Crippen LogP contribution in [0.4, 0.5) is 5.13 Å². The van der Waals surface area contributed by atoms with Gasteiger partial charge in [-0.15, -0.1) is 11.8 Å². The number of nitrogens with zero attached hydrogens (tertiary/aromatic N) is 4. The molecule has 0 unspecified atom stereocenters. The number of thioether (sulfide) groups is 1. The quantitative estimate of drug-likeness (QED) is 0.367. The lowest BCUT2D eigenvalue weighted by Gasteiger charge is -2.29. The van der Waals surface area contributed by atoms with Gasteiger partial charge in [-0.3, -0.25) is 29.1 Å². The molecule has 5 rings (SSSR count). The van der Waals surface area contributed by atoms with E-state index < -0.39 is 11.8 Å². The second-order valence-electron chi connectivity index (χ2n) is 8.07. The molecule has 3 heterocycles. The molecular weight excluding hydrogens is 472 g/mol. The van der Waals surface area contributed by atoms with Crippen molar-refractivity contribution in [1.29, 1.82) is 0 Å². The van der Waals surface area contributed by atoms with Crippen LogP contribution in [-0.2, 0) is 9.53 Å². The van der Waals surface area contributed by atoms with E-state index in [9.17, 15) is 14.4 Å². The van der Waals surface area contributed by atoms with E-state index in [1.165, 1.54) is 11.3 Å². The molecule has 2 aliphatic rings. The molecule has 0 saturated carbocycles. The van der Waals surface area contributed by atoms with Crippen molar-refractivity contribution < 1.29 is 19.1 Å². The average Bonchev–Trinajstić information content (AvgIpc) is 3.39. The first-order valence-electron chi connectivity index (χ1n) is 11.1. The van der Waals surface area contributed by atoms with Gasteiger partial charge < -0.3 is 4.74 Å². The van der Waals surface area contributed by atoms with Crippen molar-refractivity contribution in [2.24, 2.45) is 0 Å². The third kappa shape index (κ3) is 4.46. The Labute approximate surface area is 205 Å². The fourth-order valence-electron chi connectivity index (χ4n) is 4.13. The number of benzene rings is 2. The lowest BCUT2D eigenvalue weighted by Crippen LogP contribution is -2.47. The molecule has 0 spiro atoms. The van der Waals surface area contributed by atoms with Gasteiger partial charge in [0.05, 0.1) is 34.6 Å². The smallest absolute Gasteiger partial charge is 0.262 e. The molecule has 3 aromatic rings. The number of fused-ring (bicyclic) bond motifs is 2. The van der Waals surface area contributed by atoms with E-state index in [0.717, 1.165) is 33.1 Å². The Morgan fingerprint density at radius 1 is 1.12 bits per heavy atom. The van der Waals surface area contributed by atoms with Crippen LogP contribution in [0.25, 0.3) is 10.2 Å². The number of amides is 3. The van der Waals surface area contributed by atoms with Crippen LogP contribution < -0.4 is 4.90 Å². The van der Waals surface area contributed by atoms with Crippen molar-refractivity contribution in [2.45, 2.75) is 4.90 Å². The second-order valence-corrected chi connectivity index (χ2v) is 9.96. The maximum atomic E-state index is 13.5. The van der Waals surface area contributed by atoms with E-state index in [-0.39, 0.29) is 12.5 Å². The van der Waals surface area contributed by atoms with Crippen LogP contribution in [0.3, 0.4) is 0 Å². The van der Waals surface area contributed by atoms with Crippen LogP contribution in [0, 0.1) is 0 Å². The predicted molar refractivity (Wildman–Crippen MR) is 133 cm³/mol. The molecule has 1 fully saturated rings. The zero-order valence-electron chi connectivity index (χ0n) is 18.7. The van der Waals surface area contributed by atoms with E-state index in [2.05, 4.69) is 11.0 Å². The van der Waals surface area contributed by atoms with Crippen molar-refractivity contribution in [3.63, 3.8) is 0 Å². The molecule has 0 atom stereocenters. The number of carbonyl (C=O) groups excluding carboxylic acids is 3. The van der Waals surface area contributed by atoms with Crippen LogP contribution in [-0.4, -0.2) is 84.7 Å². The Morgan fingerprint density at radius 3 is 2.50 bits per heavy atom. The summed E-state index contributed by atoms with van der Waals surface area (Å²) < 4.78 is 6.42. The van der Waals surface area contributed by atoms with E-state index in [4.69, 9.17) is 9.72 Å². The normalized spacial score (nSPS) is 16.3. The summed E-state index contributed by atoms with van der Waals surface area (Å²) in [5.74, 6) is -1.20. The lowest BCUT2D eigenvalue weighted by atomic mass is 10.1. The molecule has 8 nitrogen and oxygen atoms in total. The number of morpholine rings is 1. The zero-order valence-corrected chi connectivity index (χ0v) is 20.4. The van der Waals surface area contributed by atoms with Crippen LogP contribution in [0.5, 0.6) is 0 Å². The minimum Gasteiger partial charge on any atom is -0.379 e. The summed E-state index contributed by atoms with van der Waals surface area (Å²) in [6, 6.07) is 12.7. The standard InChI is InChI=1S/C24H24N4O4S2/c1-33-16-6-7-19-20(14-16)34-24(25-19)27(9-8-26-10-12-32-13-11-26)21(29)15-28-22(30)17-4-2-3-5-18(17)23(28)31/h2-7,14H,8-13,15H2,1H3. The van der Waals surface area contributed by atoms with Gasteiger partial charge in [0.15, 0.2) is 5.13 Å². The zero-order chi connectivity index (χ0) is 23.7. The molecule has 0 aliphatic carbocycles. The summed E-state index contributed by atoms with van der Waals surface area (Å²) in [6.45, 7) is 3.69. The fraction of sp³-hybridized carbons (Fsp3) is 0.333. The summed E-state index contributed by atoms with van der Waals surface area (Å²) in [7, 11) is 0. The van der Waals surface area contributed by atoms with E-state index in [1.807, 2.05) is 18.4 Å². The van der Waals surface area contributed by atoms with Crippen LogP contribution in [0.15, 0.2) is 47.4 Å². The summed E-state index contributed by atoms with van der Waals surface area (Å²) in [5, 5.41) is 0.572. The first-order valence-corrected chi connectivity index (χ1v) is 13.1. The number of aromatic nitrogens is 1. The highest BCUT2D eigenvalue weighted by atomic mass is 32.2. The Bertz CT molecular complexity index is 1220. The van der Waals surface area contributed by atoms with Gasteiger partial charge in [0.25, 0.3) is 11.8 Å². The Hall–Kier alpha value is -2.79. The highest BCUT2D eigenvalue weighted by Gasteiger charge is 2.37. The molecule has 1 saturated heterocycles. The maximum absolute atomic E-state index is 13.5. The first-order chi connectivity index (χ1) is 16.5. The average molecular weight is 497 g/mol. The molecule has 0 N–H and O–H groups in total. The predicted octanol–water partition coefficient (Wildman–Crippen LogP) is 2.98. The van der Waals surface area contributed by atoms with E-state index in [0.29, 0.717) is 42.6 Å². The van der Waals surface area contributed by atoms with Crippen LogP contribution >= 0.6 is 23.1 Å².